The number of allylic oxidation sites excluding steroid dienone is 5. The monoisotopic (exact) mass is 324 g/mol. The Morgan fingerprint density at radius 3 is 2.60 bits per heavy atom. The molecule has 0 bridgehead atoms. The van der Waals surface area contributed by atoms with Crippen molar-refractivity contribution in [3.05, 3.63) is 96.2 Å². The summed E-state index contributed by atoms with van der Waals surface area (Å²) in [6.07, 6.45) is 15.3. The van der Waals surface area contributed by atoms with E-state index < -0.39 is 0 Å². The van der Waals surface area contributed by atoms with E-state index in [4.69, 9.17) is 4.99 Å². The number of rotatable bonds is 4. The minimum atomic E-state index is 0.898. The lowest BCUT2D eigenvalue weighted by Gasteiger charge is -1.97. The van der Waals surface area contributed by atoms with Crippen LogP contribution in [0.25, 0.3) is 17.1 Å². The van der Waals surface area contributed by atoms with Crippen molar-refractivity contribution in [3.63, 3.8) is 0 Å². The van der Waals surface area contributed by atoms with Crippen LogP contribution in [0.3, 0.4) is 0 Å². The molecule has 1 aromatic heterocycles. The summed E-state index contributed by atoms with van der Waals surface area (Å²) in [6.45, 7) is 2.01. The third-order valence-corrected chi connectivity index (χ3v) is 4.43. The second-order valence-corrected chi connectivity index (χ2v) is 6.08. The van der Waals surface area contributed by atoms with Gasteiger partial charge in [-0.05, 0) is 30.7 Å². The van der Waals surface area contributed by atoms with E-state index in [0.717, 1.165) is 17.8 Å². The van der Waals surface area contributed by atoms with Crippen LogP contribution in [0, 0.1) is 0 Å². The zero-order valence-corrected chi connectivity index (χ0v) is 14.3. The molecule has 0 atom stereocenters. The lowest BCUT2D eigenvalue weighted by Crippen LogP contribution is -1.99. The maximum atomic E-state index is 4.86. The van der Waals surface area contributed by atoms with Crippen LogP contribution in [0.1, 0.15) is 18.1 Å². The highest BCUT2D eigenvalue weighted by molar-refractivity contribution is 6.14. The largest absolute Gasteiger partial charge is 0.323 e. The van der Waals surface area contributed by atoms with Crippen molar-refractivity contribution in [3.8, 4) is 0 Å². The summed E-state index contributed by atoms with van der Waals surface area (Å²) in [5, 5.41) is 1.25. The maximum absolute atomic E-state index is 4.86. The van der Waals surface area contributed by atoms with Gasteiger partial charge in [0.2, 0.25) is 0 Å². The first kappa shape index (κ1) is 15.4. The summed E-state index contributed by atoms with van der Waals surface area (Å²) in [5.41, 5.74) is 5.97. The Hall–Kier alpha value is -3.13. The molecular weight excluding hydrogens is 304 g/mol. The van der Waals surface area contributed by atoms with E-state index in [9.17, 15) is 0 Å². The predicted octanol–water partition coefficient (Wildman–Crippen LogP) is 5.92. The van der Waals surface area contributed by atoms with Crippen molar-refractivity contribution >= 4 is 28.5 Å². The van der Waals surface area contributed by atoms with Gasteiger partial charge in [0.05, 0.1) is 16.9 Å². The van der Waals surface area contributed by atoms with Gasteiger partial charge in [-0.2, -0.15) is 0 Å². The first-order valence-electron chi connectivity index (χ1n) is 8.58. The fraction of sp³-hybridized carbons (Fsp3) is 0.0870. The highest BCUT2D eigenvalue weighted by Gasteiger charge is 2.19. The average molecular weight is 324 g/mol. The van der Waals surface area contributed by atoms with Crippen molar-refractivity contribution < 1.29 is 0 Å². The molecule has 0 N–H and O–H groups in total. The minimum absolute atomic E-state index is 0.898. The van der Waals surface area contributed by atoms with Crippen molar-refractivity contribution in [1.29, 1.82) is 0 Å². The Morgan fingerprint density at radius 2 is 1.72 bits per heavy atom. The summed E-state index contributed by atoms with van der Waals surface area (Å²) < 4.78 is 2.18. The molecule has 0 amide bonds. The first-order valence-corrected chi connectivity index (χ1v) is 8.58. The number of para-hydroxylation sites is 2. The fourth-order valence-corrected chi connectivity index (χ4v) is 3.23. The quantitative estimate of drug-likeness (QED) is 0.530. The smallest absolute Gasteiger partial charge is 0.0669 e. The summed E-state index contributed by atoms with van der Waals surface area (Å²) >= 11 is 0. The van der Waals surface area contributed by atoms with Crippen molar-refractivity contribution in [2.45, 2.75) is 13.3 Å². The van der Waals surface area contributed by atoms with Crippen LogP contribution in [0.5, 0.6) is 0 Å². The van der Waals surface area contributed by atoms with Crippen LogP contribution < -0.4 is 0 Å². The van der Waals surface area contributed by atoms with E-state index in [0.29, 0.717) is 0 Å². The van der Waals surface area contributed by atoms with E-state index in [-0.39, 0.29) is 0 Å². The number of hydrogen-bond acceptors (Lipinski definition) is 1. The van der Waals surface area contributed by atoms with E-state index in [2.05, 4.69) is 65.5 Å². The van der Waals surface area contributed by atoms with E-state index in [1.165, 1.54) is 22.0 Å². The Morgan fingerprint density at radius 1 is 0.920 bits per heavy atom. The zero-order chi connectivity index (χ0) is 17.1. The first-order chi connectivity index (χ1) is 12.4. The van der Waals surface area contributed by atoms with Gasteiger partial charge < -0.3 is 4.57 Å². The molecule has 0 saturated carbocycles. The molecule has 2 nitrogen and oxygen atoms in total. The molecule has 122 valence electrons. The van der Waals surface area contributed by atoms with Crippen LogP contribution in [-0.2, 0) is 6.42 Å². The molecule has 0 spiro atoms. The van der Waals surface area contributed by atoms with Gasteiger partial charge in [-0.1, -0.05) is 60.7 Å². The van der Waals surface area contributed by atoms with Crippen LogP contribution in [-0.4, -0.2) is 10.3 Å². The van der Waals surface area contributed by atoms with E-state index >= 15 is 0 Å². The van der Waals surface area contributed by atoms with Crippen molar-refractivity contribution in [1.82, 2.24) is 4.57 Å². The molecule has 3 aromatic rings. The zero-order valence-electron chi connectivity index (χ0n) is 14.3. The fourth-order valence-electron chi connectivity index (χ4n) is 3.23. The molecule has 2 heterocycles. The van der Waals surface area contributed by atoms with Crippen LogP contribution >= 0.6 is 0 Å². The molecule has 0 saturated heterocycles. The summed E-state index contributed by atoms with van der Waals surface area (Å²) in [7, 11) is 0. The lowest BCUT2D eigenvalue weighted by molar-refractivity contribution is 1.22. The molecule has 0 unspecified atom stereocenters. The van der Waals surface area contributed by atoms with E-state index in [1.807, 2.05) is 37.3 Å². The number of aromatic nitrogens is 1. The van der Waals surface area contributed by atoms with Crippen molar-refractivity contribution in [2.24, 2.45) is 4.99 Å². The molecule has 0 fully saturated rings. The molecule has 2 aromatic carbocycles. The second-order valence-electron chi connectivity index (χ2n) is 6.08. The number of fused-ring (bicyclic) bond motifs is 2. The van der Waals surface area contributed by atoms with Gasteiger partial charge in [-0.15, -0.1) is 0 Å². The molecular formula is C23H20N2. The van der Waals surface area contributed by atoms with E-state index in [1.54, 1.807) is 0 Å². The van der Waals surface area contributed by atoms with Crippen LogP contribution in [0.4, 0.5) is 5.69 Å². The molecule has 1 aliphatic rings. The standard InChI is InChI=1S/C23H20N2/c1-2-3-4-5-10-15-25-17-20(19-12-7-9-14-23(19)25)22-16-18-11-6-8-13-21(18)24-22/h2-15,17H,16H2,1H3. The Labute approximate surface area is 148 Å². The number of nitrogens with zero attached hydrogens (tertiary/aromatic N) is 2. The number of aliphatic imine (C=N–C) groups is 1. The summed E-state index contributed by atoms with van der Waals surface area (Å²) in [4.78, 5) is 4.86. The molecule has 4 rings (SSSR count). The SMILES string of the molecule is CC=CC=CC=Cn1cc(C2=Nc3ccccc3C2)c2ccccc21. The Bertz CT molecular complexity index is 1030. The van der Waals surface area contributed by atoms with Gasteiger partial charge >= 0.3 is 0 Å². The minimum Gasteiger partial charge on any atom is -0.323 e. The third-order valence-electron chi connectivity index (χ3n) is 4.43. The lowest BCUT2D eigenvalue weighted by atomic mass is 10.0. The average Bonchev–Trinajstić information content (AvgIpc) is 3.23. The van der Waals surface area contributed by atoms with Gasteiger partial charge in [-0.3, -0.25) is 4.99 Å². The van der Waals surface area contributed by atoms with Crippen molar-refractivity contribution in [2.75, 3.05) is 0 Å². The van der Waals surface area contributed by atoms with Gasteiger partial charge in [0.15, 0.2) is 0 Å². The Balaban J connectivity index is 1.74. The number of hydrogen-bond donors (Lipinski definition) is 0. The van der Waals surface area contributed by atoms with Crippen LogP contribution in [0.15, 0.2) is 90.1 Å². The molecule has 0 aliphatic carbocycles. The second kappa shape index (κ2) is 6.78. The molecule has 0 radical (unpaired) electrons. The van der Waals surface area contributed by atoms with Crippen LogP contribution in [0.2, 0.25) is 0 Å². The van der Waals surface area contributed by atoms with Gasteiger partial charge in [-0.25, -0.2) is 0 Å². The predicted molar refractivity (Wildman–Crippen MR) is 108 cm³/mol. The third kappa shape index (κ3) is 2.99. The summed E-state index contributed by atoms with van der Waals surface area (Å²) in [5.74, 6) is 0. The van der Waals surface area contributed by atoms with Gasteiger partial charge in [0, 0.05) is 29.8 Å². The Kier molecular flexibility index (Phi) is 4.17. The summed E-state index contributed by atoms with van der Waals surface area (Å²) in [6, 6.07) is 16.9. The van der Waals surface area contributed by atoms with Gasteiger partial charge in [0.1, 0.15) is 0 Å². The maximum Gasteiger partial charge on any atom is 0.0669 e. The molecule has 1 aliphatic heterocycles. The highest BCUT2D eigenvalue weighted by atomic mass is 14.9. The topological polar surface area (TPSA) is 17.3 Å². The number of benzene rings is 2. The molecule has 25 heavy (non-hydrogen) atoms. The normalized spacial score (nSPS) is 14.2. The molecule has 2 heteroatoms. The highest BCUT2D eigenvalue weighted by Crippen LogP contribution is 2.31. The van der Waals surface area contributed by atoms with Gasteiger partial charge in [0.25, 0.3) is 0 Å².